The van der Waals surface area contributed by atoms with Crippen molar-refractivity contribution in [2.45, 2.75) is 25.0 Å². The molecule has 84 valence electrons. The van der Waals surface area contributed by atoms with Crippen molar-refractivity contribution in [3.63, 3.8) is 0 Å². The number of methoxy groups -OCH3 is 1. The smallest absolute Gasteiger partial charge is 0.324 e. The van der Waals surface area contributed by atoms with Crippen LogP contribution in [0.3, 0.4) is 0 Å². The van der Waals surface area contributed by atoms with E-state index in [1.165, 1.54) is 21.0 Å². The van der Waals surface area contributed by atoms with Gasteiger partial charge in [0.25, 0.3) is 0 Å². The highest BCUT2D eigenvalue weighted by molar-refractivity contribution is 7.93. The Balaban J connectivity index is 4.55. The van der Waals surface area contributed by atoms with E-state index in [2.05, 4.69) is 0 Å². The predicted molar refractivity (Wildman–Crippen MR) is 52.0 cm³/mol. The third-order valence-electron chi connectivity index (χ3n) is 2.05. The molecule has 0 rings (SSSR count). The second-order valence-corrected chi connectivity index (χ2v) is 6.14. The van der Waals surface area contributed by atoms with Gasteiger partial charge in [0.05, 0.1) is 5.75 Å². The average Bonchev–Trinajstić information content (AvgIpc) is 2.04. The van der Waals surface area contributed by atoms with Crippen molar-refractivity contribution in [3.8, 4) is 0 Å². The van der Waals surface area contributed by atoms with E-state index in [1.54, 1.807) is 0 Å². The molecule has 0 aromatic heterocycles. The van der Waals surface area contributed by atoms with Crippen molar-refractivity contribution < 1.29 is 23.1 Å². The minimum atomic E-state index is -3.61. The highest BCUT2D eigenvalue weighted by atomic mass is 32.2. The second kappa shape index (κ2) is 4.75. The standard InChI is InChI=1S/C8H16O5S/c1-8(2,7(9)10)14(11,12)6-4-5-13-3/h4-6H2,1-3H3,(H,9,10). The van der Waals surface area contributed by atoms with Gasteiger partial charge >= 0.3 is 5.97 Å². The zero-order chi connectivity index (χ0) is 11.4. The van der Waals surface area contributed by atoms with Crippen LogP contribution in [0.5, 0.6) is 0 Å². The highest BCUT2D eigenvalue weighted by Gasteiger charge is 2.41. The topological polar surface area (TPSA) is 80.7 Å². The van der Waals surface area contributed by atoms with E-state index in [9.17, 15) is 13.2 Å². The molecule has 0 aliphatic heterocycles. The maximum absolute atomic E-state index is 11.5. The van der Waals surface area contributed by atoms with Crippen molar-refractivity contribution in [2.24, 2.45) is 0 Å². The van der Waals surface area contributed by atoms with Crippen LogP contribution in [0.2, 0.25) is 0 Å². The maximum atomic E-state index is 11.5. The van der Waals surface area contributed by atoms with Crippen LogP contribution in [-0.4, -0.2) is 43.7 Å². The lowest BCUT2D eigenvalue weighted by atomic mass is 10.2. The lowest BCUT2D eigenvalue weighted by Gasteiger charge is -2.19. The normalized spacial score (nSPS) is 12.8. The van der Waals surface area contributed by atoms with Crippen molar-refractivity contribution in [1.82, 2.24) is 0 Å². The Labute approximate surface area is 84.0 Å². The molecule has 6 heteroatoms. The van der Waals surface area contributed by atoms with E-state index in [4.69, 9.17) is 9.84 Å². The lowest BCUT2D eigenvalue weighted by Crippen LogP contribution is -2.42. The first kappa shape index (κ1) is 13.4. The van der Waals surface area contributed by atoms with E-state index in [1.807, 2.05) is 0 Å². The van der Waals surface area contributed by atoms with Gasteiger partial charge in [-0.1, -0.05) is 0 Å². The van der Waals surface area contributed by atoms with Crippen LogP contribution in [0, 0.1) is 0 Å². The summed E-state index contributed by atoms with van der Waals surface area (Å²) in [5.41, 5.74) is 0. The van der Waals surface area contributed by atoms with Gasteiger partial charge in [0.1, 0.15) is 0 Å². The molecule has 0 saturated carbocycles. The minimum absolute atomic E-state index is 0.167. The molecule has 0 unspecified atom stereocenters. The van der Waals surface area contributed by atoms with Gasteiger partial charge < -0.3 is 9.84 Å². The van der Waals surface area contributed by atoms with Gasteiger partial charge in [-0.05, 0) is 20.3 Å². The molecule has 14 heavy (non-hydrogen) atoms. The minimum Gasteiger partial charge on any atom is -0.480 e. The summed E-state index contributed by atoms with van der Waals surface area (Å²) in [5, 5.41) is 8.72. The van der Waals surface area contributed by atoms with Crippen LogP contribution >= 0.6 is 0 Å². The zero-order valence-electron chi connectivity index (χ0n) is 8.61. The molecule has 0 bridgehead atoms. The first-order valence-electron chi connectivity index (χ1n) is 4.20. The molecule has 0 amide bonds. The highest BCUT2D eigenvalue weighted by Crippen LogP contribution is 2.18. The predicted octanol–water partition coefficient (Wildman–Crippen LogP) is 0.301. The average molecular weight is 224 g/mol. The van der Waals surface area contributed by atoms with E-state index in [-0.39, 0.29) is 5.75 Å². The summed E-state index contributed by atoms with van der Waals surface area (Å²) in [6.07, 6.45) is 0.315. The molecule has 0 aromatic carbocycles. The summed E-state index contributed by atoms with van der Waals surface area (Å²) in [7, 11) is -2.14. The zero-order valence-corrected chi connectivity index (χ0v) is 9.43. The molecule has 0 fully saturated rings. The summed E-state index contributed by atoms with van der Waals surface area (Å²) in [6.45, 7) is 2.70. The van der Waals surface area contributed by atoms with Gasteiger partial charge in [-0.15, -0.1) is 0 Å². The number of rotatable bonds is 6. The Morgan fingerprint density at radius 3 is 2.29 bits per heavy atom. The number of hydrogen-bond acceptors (Lipinski definition) is 4. The lowest BCUT2D eigenvalue weighted by molar-refractivity contribution is -0.139. The molecule has 0 aliphatic carbocycles. The molecule has 0 aliphatic rings. The van der Waals surface area contributed by atoms with Gasteiger partial charge in [0.2, 0.25) is 0 Å². The number of hydrogen-bond donors (Lipinski definition) is 1. The van der Waals surface area contributed by atoms with E-state index in [0.717, 1.165) is 0 Å². The molecule has 0 aromatic rings. The monoisotopic (exact) mass is 224 g/mol. The Morgan fingerprint density at radius 1 is 1.43 bits per heavy atom. The summed E-state index contributed by atoms with van der Waals surface area (Å²) >= 11 is 0. The van der Waals surface area contributed by atoms with Crippen molar-refractivity contribution in [2.75, 3.05) is 19.5 Å². The van der Waals surface area contributed by atoms with Crippen molar-refractivity contribution in [3.05, 3.63) is 0 Å². The van der Waals surface area contributed by atoms with E-state index >= 15 is 0 Å². The van der Waals surface area contributed by atoms with Crippen LogP contribution in [0.25, 0.3) is 0 Å². The summed E-state index contributed by atoms with van der Waals surface area (Å²) in [6, 6.07) is 0. The number of carbonyl (C=O) groups is 1. The molecule has 0 radical (unpaired) electrons. The number of ether oxygens (including phenoxy) is 1. The molecular weight excluding hydrogens is 208 g/mol. The largest absolute Gasteiger partial charge is 0.480 e. The van der Waals surface area contributed by atoms with Crippen molar-refractivity contribution in [1.29, 1.82) is 0 Å². The van der Waals surface area contributed by atoms with E-state index in [0.29, 0.717) is 13.0 Å². The van der Waals surface area contributed by atoms with Crippen LogP contribution in [-0.2, 0) is 19.4 Å². The Morgan fingerprint density at radius 2 is 1.93 bits per heavy atom. The fourth-order valence-corrected chi connectivity index (χ4v) is 2.06. The first-order valence-corrected chi connectivity index (χ1v) is 5.85. The Hall–Kier alpha value is -0.620. The number of aliphatic carboxylic acids is 1. The number of sulfone groups is 1. The molecule has 5 nitrogen and oxygen atoms in total. The first-order chi connectivity index (χ1) is 6.25. The fourth-order valence-electron chi connectivity index (χ4n) is 0.781. The van der Waals surface area contributed by atoms with Crippen LogP contribution < -0.4 is 0 Å². The SMILES string of the molecule is COCCCS(=O)(=O)C(C)(C)C(=O)O. The van der Waals surface area contributed by atoms with Crippen LogP contribution in [0.1, 0.15) is 20.3 Å². The van der Waals surface area contributed by atoms with Gasteiger partial charge in [0.15, 0.2) is 14.6 Å². The van der Waals surface area contributed by atoms with Crippen LogP contribution in [0.15, 0.2) is 0 Å². The number of carboxylic acid groups (broad SMARTS) is 1. The second-order valence-electron chi connectivity index (χ2n) is 3.48. The molecule has 0 spiro atoms. The summed E-state index contributed by atoms with van der Waals surface area (Å²) in [4.78, 5) is 10.7. The van der Waals surface area contributed by atoms with Crippen molar-refractivity contribution >= 4 is 15.8 Å². The third-order valence-corrected chi connectivity index (χ3v) is 4.61. The third kappa shape index (κ3) is 2.95. The molecule has 0 heterocycles. The Bertz CT molecular complexity index is 291. The Kier molecular flexibility index (Phi) is 4.54. The fraction of sp³-hybridized carbons (Fsp3) is 0.875. The van der Waals surface area contributed by atoms with Gasteiger partial charge in [-0.3, -0.25) is 4.79 Å². The quantitative estimate of drug-likeness (QED) is 0.656. The summed E-state index contributed by atoms with van der Waals surface area (Å²) < 4.78 is 26.0. The van der Waals surface area contributed by atoms with E-state index < -0.39 is 20.6 Å². The maximum Gasteiger partial charge on any atom is 0.324 e. The van der Waals surface area contributed by atoms with Crippen LogP contribution in [0.4, 0.5) is 0 Å². The molecule has 0 saturated heterocycles. The van der Waals surface area contributed by atoms with Gasteiger partial charge in [0, 0.05) is 13.7 Å². The van der Waals surface area contributed by atoms with Gasteiger partial charge in [-0.2, -0.15) is 0 Å². The molecule has 0 atom stereocenters. The number of carboxylic acids is 1. The molecule has 1 N–H and O–H groups in total. The van der Waals surface area contributed by atoms with Gasteiger partial charge in [-0.25, -0.2) is 8.42 Å². The molecular formula is C8H16O5S. The summed E-state index contributed by atoms with van der Waals surface area (Å²) in [5.74, 6) is -1.49.